The first kappa shape index (κ1) is 18.3. The minimum atomic E-state index is -4.55. The number of rotatable bonds is 2. The minimum absolute atomic E-state index is 0.131. The van der Waals surface area contributed by atoms with Gasteiger partial charge in [0.15, 0.2) is 0 Å². The molecule has 2 aromatic rings. The van der Waals surface area contributed by atoms with Crippen LogP contribution in [0.3, 0.4) is 0 Å². The van der Waals surface area contributed by atoms with Crippen molar-refractivity contribution in [2.24, 2.45) is 17.6 Å². The Morgan fingerprint density at radius 3 is 2.63 bits per heavy atom. The van der Waals surface area contributed by atoms with Crippen molar-refractivity contribution in [3.05, 3.63) is 29.6 Å². The maximum atomic E-state index is 13.3. The summed E-state index contributed by atoms with van der Waals surface area (Å²) in [7, 11) is 0. The number of alkyl halides is 3. The number of nitrogens with zero attached hydrogens (tertiary/aromatic N) is 3. The van der Waals surface area contributed by atoms with Gasteiger partial charge in [-0.3, -0.25) is 4.79 Å². The van der Waals surface area contributed by atoms with E-state index in [1.54, 1.807) is 30.9 Å². The molecule has 146 valence electrons. The fourth-order valence-corrected chi connectivity index (χ4v) is 4.61. The highest BCUT2D eigenvalue weighted by Crippen LogP contribution is 2.38. The van der Waals surface area contributed by atoms with Crippen LogP contribution in [0.2, 0.25) is 0 Å². The lowest BCUT2D eigenvalue weighted by Gasteiger charge is -2.19. The normalized spacial score (nSPS) is 25.6. The van der Waals surface area contributed by atoms with Gasteiger partial charge in [-0.1, -0.05) is 0 Å². The van der Waals surface area contributed by atoms with E-state index in [2.05, 4.69) is 4.98 Å². The lowest BCUT2D eigenvalue weighted by molar-refractivity contribution is -0.147. The van der Waals surface area contributed by atoms with E-state index in [0.717, 1.165) is 12.8 Å². The number of carbonyl (C=O) groups excluding carboxylic acids is 1. The Morgan fingerprint density at radius 1 is 1.26 bits per heavy atom. The van der Waals surface area contributed by atoms with Crippen LogP contribution in [-0.2, 0) is 6.18 Å². The van der Waals surface area contributed by atoms with Gasteiger partial charge in [-0.2, -0.15) is 13.2 Å². The van der Waals surface area contributed by atoms with E-state index in [1.807, 2.05) is 0 Å². The topological polar surface area (TPSA) is 64.2 Å². The molecule has 1 amide bonds. The number of hydrogen-bond acceptors (Lipinski definition) is 3. The molecule has 3 unspecified atom stereocenters. The number of aromatic nitrogens is 2. The second-order valence-electron chi connectivity index (χ2n) is 7.98. The molecular formula is C19H23F3N4O. The van der Waals surface area contributed by atoms with Crippen LogP contribution in [0.4, 0.5) is 13.2 Å². The van der Waals surface area contributed by atoms with Gasteiger partial charge in [0.2, 0.25) is 5.82 Å². The summed E-state index contributed by atoms with van der Waals surface area (Å²) in [5, 5.41) is 0. The van der Waals surface area contributed by atoms with Crippen LogP contribution in [0.25, 0.3) is 11.0 Å². The molecular weight excluding hydrogens is 357 g/mol. The Morgan fingerprint density at radius 2 is 2.00 bits per heavy atom. The van der Waals surface area contributed by atoms with Gasteiger partial charge >= 0.3 is 6.18 Å². The van der Waals surface area contributed by atoms with Crippen LogP contribution in [0.15, 0.2) is 18.2 Å². The zero-order valence-electron chi connectivity index (χ0n) is 15.3. The van der Waals surface area contributed by atoms with Crippen molar-refractivity contribution in [3.8, 4) is 0 Å². The maximum absolute atomic E-state index is 13.3. The minimum Gasteiger partial charge on any atom is -0.338 e. The van der Waals surface area contributed by atoms with Crippen LogP contribution in [0, 0.1) is 11.8 Å². The number of amides is 1. The number of benzene rings is 1. The van der Waals surface area contributed by atoms with Crippen molar-refractivity contribution in [1.82, 2.24) is 14.5 Å². The summed E-state index contributed by atoms with van der Waals surface area (Å²) in [4.78, 5) is 18.4. The van der Waals surface area contributed by atoms with Crippen LogP contribution in [-0.4, -0.2) is 39.5 Å². The zero-order valence-corrected chi connectivity index (χ0v) is 15.3. The van der Waals surface area contributed by atoms with Gasteiger partial charge in [0.05, 0.1) is 11.0 Å². The number of halogens is 3. The summed E-state index contributed by atoms with van der Waals surface area (Å²) >= 11 is 0. The average molecular weight is 380 g/mol. The summed E-state index contributed by atoms with van der Waals surface area (Å²) in [5.41, 5.74) is 7.08. The highest BCUT2D eigenvalue weighted by atomic mass is 19.4. The summed E-state index contributed by atoms with van der Waals surface area (Å²) in [5.74, 6) is -0.329. The van der Waals surface area contributed by atoms with E-state index < -0.39 is 18.0 Å². The number of hydrogen-bond donors (Lipinski definition) is 1. The highest BCUT2D eigenvalue weighted by Gasteiger charge is 2.43. The fourth-order valence-electron chi connectivity index (χ4n) is 4.61. The second kappa shape index (κ2) is 6.22. The van der Waals surface area contributed by atoms with Gasteiger partial charge in [-0.05, 0) is 56.7 Å². The predicted molar refractivity (Wildman–Crippen MR) is 95.2 cm³/mol. The summed E-state index contributed by atoms with van der Waals surface area (Å²) < 4.78 is 41.2. The lowest BCUT2D eigenvalue weighted by atomic mass is 9.98. The van der Waals surface area contributed by atoms with E-state index in [9.17, 15) is 18.0 Å². The number of imidazole rings is 1. The Hall–Kier alpha value is -2.09. The zero-order chi connectivity index (χ0) is 19.5. The van der Waals surface area contributed by atoms with Crippen molar-refractivity contribution in [1.29, 1.82) is 0 Å². The molecule has 1 aromatic heterocycles. The molecule has 27 heavy (non-hydrogen) atoms. The second-order valence-corrected chi connectivity index (χ2v) is 7.98. The van der Waals surface area contributed by atoms with Crippen molar-refractivity contribution in [3.63, 3.8) is 0 Å². The van der Waals surface area contributed by atoms with Crippen molar-refractivity contribution >= 4 is 16.9 Å². The van der Waals surface area contributed by atoms with Crippen molar-refractivity contribution < 1.29 is 18.0 Å². The molecule has 0 radical (unpaired) electrons. The van der Waals surface area contributed by atoms with Crippen LogP contribution in [0.1, 0.15) is 48.9 Å². The van der Waals surface area contributed by atoms with Gasteiger partial charge in [-0.15, -0.1) is 0 Å². The third-order valence-corrected chi connectivity index (χ3v) is 5.91. The Kier molecular flexibility index (Phi) is 4.21. The lowest BCUT2D eigenvalue weighted by Crippen LogP contribution is -2.33. The number of fused-ring (bicyclic) bond motifs is 2. The summed E-state index contributed by atoms with van der Waals surface area (Å²) in [6, 6.07) is 4.37. The molecule has 1 aliphatic heterocycles. The molecule has 8 heteroatoms. The van der Waals surface area contributed by atoms with Gasteiger partial charge in [0, 0.05) is 30.7 Å². The van der Waals surface area contributed by atoms with Crippen LogP contribution < -0.4 is 5.73 Å². The molecule has 2 N–H and O–H groups in total. The molecule has 0 bridgehead atoms. The van der Waals surface area contributed by atoms with E-state index in [0.29, 0.717) is 36.0 Å². The molecule has 5 nitrogen and oxygen atoms in total. The van der Waals surface area contributed by atoms with Gasteiger partial charge < -0.3 is 15.2 Å². The standard InChI is InChI=1S/C19H23F3N4O/c1-10(2)26-16-6-4-11(7-15(16)24-18(26)19(20,21)22)17(27)25-8-12-3-5-14(23)13(12)9-25/h4,6-7,10,12-14H,3,5,8-9,23H2,1-2H3. The summed E-state index contributed by atoms with van der Waals surface area (Å²) in [6.45, 7) is 4.66. The molecule has 2 fully saturated rings. The molecule has 0 spiro atoms. The number of nitrogens with two attached hydrogens (primary N) is 1. The van der Waals surface area contributed by atoms with Crippen LogP contribution in [0.5, 0.6) is 0 Å². The number of carbonyl (C=O) groups is 1. The Labute approximate surface area is 155 Å². The van der Waals surface area contributed by atoms with E-state index >= 15 is 0 Å². The fraction of sp³-hybridized carbons (Fsp3) is 0.579. The SMILES string of the molecule is CC(C)n1c(C(F)(F)F)nc2cc(C(=O)N3CC4CCC(N)C4C3)ccc21. The Balaban J connectivity index is 1.67. The van der Waals surface area contributed by atoms with Crippen molar-refractivity contribution in [2.45, 2.75) is 44.9 Å². The number of likely N-dealkylation sites (tertiary alicyclic amines) is 1. The quantitative estimate of drug-likeness (QED) is 0.868. The largest absolute Gasteiger partial charge is 0.449 e. The molecule has 1 saturated heterocycles. The monoisotopic (exact) mass is 380 g/mol. The molecule has 1 saturated carbocycles. The molecule has 1 aromatic carbocycles. The average Bonchev–Trinajstić information content (AvgIpc) is 3.26. The first-order valence-corrected chi connectivity index (χ1v) is 9.31. The molecule has 4 rings (SSSR count). The molecule has 2 heterocycles. The predicted octanol–water partition coefficient (Wildman–Crippen LogP) is 3.45. The van der Waals surface area contributed by atoms with Gasteiger partial charge in [-0.25, -0.2) is 4.98 Å². The first-order valence-electron chi connectivity index (χ1n) is 9.31. The molecule has 1 aliphatic carbocycles. The molecule has 3 atom stereocenters. The smallest absolute Gasteiger partial charge is 0.338 e. The van der Waals surface area contributed by atoms with Crippen LogP contribution >= 0.6 is 0 Å². The van der Waals surface area contributed by atoms with Gasteiger partial charge in [0.25, 0.3) is 5.91 Å². The van der Waals surface area contributed by atoms with E-state index in [1.165, 1.54) is 10.6 Å². The van der Waals surface area contributed by atoms with Gasteiger partial charge in [0.1, 0.15) is 0 Å². The van der Waals surface area contributed by atoms with E-state index in [4.69, 9.17) is 5.73 Å². The maximum Gasteiger partial charge on any atom is 0.449 e. The van der Waals surface area contributed by atoms with E-state index in [-0.39, 0.29) is 17.5 Å². The third kappa shape index (κ3) is 2.99. The molecule has 2 aliphatic rings. The highest BCUT2D eigenvalue weighted by molar-refractivity contribution is 5.97. The first-order chi connectivity index (χ1) is 12.7. The Bertz CT molecular complexity index is 889. The van der Waals surface area contributed by atoms with Crippen molar-refractivity contribution in [2.75, 3.05) is 13.1 Å². The summed E-state index contributed by atoms with van der Waals surface area (Å²) in [6.07, 6.45) is -2.52. The third-order valence-electron chi connectivity index (χ3n) is 5.91.